The highest BCUT2D eigenvalue weighted by molar-refractivity contribution is 6.30. The van der Waals surface area contributed by atoms with Crippen LogP contribution in [0.4, 0.5) is 11.4 Å². The fourth-order valence-electron chi connectivity index (χ4n) is 2.23. The third-order valence-corrected chi connectivity index (χ3v) is 3.85. The van der Waals surface area contributed by atoms with Gasteiger partial charge < -0.3 is 15.4 Å². The minimum absolute atomic E-state index is 0.0573. The molecule has 2 rings (SSSR count). The lowest BCUT2D eigenvalue weighted by Crippen LogP contribution is -2.13. The summed E-state index contributed by atoms with van der Waals surface area (Å²) in [5.41, 5.74) is 1.65. The Morgan fingerprint density at radius 1 is 1.08 bits per heavy atom. The Bertz CT molecular complexity index is 745. The molecule has 0 unspecified atom stereocenters. The molecule has 132 valence electrons. The van der Waals surface area contributed by atoms with Crippen LogP contribution in [0.5, 0.6) is 5.75 Å². The molecule has 2 amide bonds. The zero-order chi connectivity index (χ0) is 18.2. The number of carbonyl (C=O) groups excluding carboxylic acids is 2. The van der Waals surface area contributed by atoms with Gasteiger partial charge in [0, 0.05) is 28.8 Å². The SMILES string of the molecule is CCCCC(=O)Nc1ccc(NC(=O)c2ccc(Cl)cc2)cc1OC. The van der Waals surface area contributed by atoms with Gasteiger partial charge in [-0.25, -0.2) is 0 Å². The molecule has 0 aliphatic rings. The van der Waals surface area contributed by atoms with Gasteiger partial charge in [-0.3, -0.25) is 9.59 Å². The fraction of sp³-hybridized carbons (Fsp3) is 0.263. The van der Waals surface area contributed by atoms with Gasteiger partial charge in [-0.15, -0.1) is 0 Å². The number of hydrogen-bond donors (Lipinski definition) is 2. The first-order chi connectivity index (χ1) is 12.0. The van der Waals surface area contributed by atoms with E-state index in [0.717, 1.165) is 12.8 Å². The van der Waals surface area contributed by atoms with E-state index in [1.807, 2.05) is 6.92 Å². The molecule has 0 aliphatic heterocycles. The molecule has 0 heterocycles. The van der Waals surface area contributed by atoms with Crippen LogP contribution in [0.1, 0.15) is 36.5 Å². The van der Waals surface area contributed by atoms with Crippen LogP contribution in [-0.2, 0) is 4.79 Å². The Morgan fingerprint density at radius 3 is 2.44 bits per heavy atom. The molecule has 2 aromatic carbocycles. The quantitative estimate of drug-likeness (QED) is 0.750. The van der Waals surface area contributed by atoms with Gasteiger partial charge in [-0.05, 0) is 42.8 Å². The summed E-state index contributed by atoms with van der Waals surface area (Å²) < 4.78 is 5.31. The van der Waals surface area contributed by atoms with Crippen LogP contribution < -0.4 is 15.4 Å². The second-order valence-electron chi connectivity index (χ2n) is 5.53. The van der Waals surface area contributed by atoms with E-state index in [-0.39, 0.29) is 11.8 Å². The maximum atomic E-state index is 12.2. The van der Waals surface area contributed by atoms with Crippen molar-refractivity contribution in [3.63, 3.8) is 0 Å². The molecule has 2 N–H and O–H groups in total. The van der Waals surface area contributed by atoms with E-state index in [1.54, 1.807) is 42.5 Å². The van der Waals surface area contributed by atoms with Crippen LogP contribution in [0, 0.1) is 0 Å². The molecule has 0 fully saturated rings. The van der Waals surface area contributed by atoms with E-state index in [0.29, 0.717) is 34.1 Å². The minimum Gasteiger partial charge on any atom is -0.494 e. The zero-order valence-electron chi connectivity index (χ0n) is 14.3. The van der Waals surface area contributed by atoms with Gasteiger partial charge in [0.15, 0.2) is 0 Å². The highest BCUT2D eigenvalue weighted by atomic mass is 35.5. The number of unbranched alkanes of at least 4 members (excludes halogenated alkanes) is 1. The molecule has 0 bridgehead atoms. The molecule has 5 nitrogen and oxygen atoms in total. The topological polar surface area (TPSA) is 67.4 Å². The van der Waals surface area contributed by atoms with Crippen molar-refractivity contribution >= 4 is 34.8 Å². The Kier molecular flexibility index (Phi) is 6.83. The summed E-state index contributed by atoms with van der Waals surface area (Å²) >= 11 is 5.82. The van der Waals surface area contributed by atoms with Crippen molar-refractivity contribution in [2.75, 3.05) is 17.7 Å². The number of amides is 2. The molecular formula is C19H21ClN2O3. The molecule has 0 saturated carbocycles. The Labute approximate surface area is 152 Å². The van der Waals surface area contributed by atoms with Gasteiger partial charge in [0.1, 0.15) is 5.75 Å². The largest absolute Gasteiger partial charge is 0.494 e. The molecule has 2 aromatic rings. The van der Waals surface area contributed by atoms with Gasteiger partial charge in [0.25, 0.3) is 5.91 Å². The average molecular weight is 361 g/mol. The molecule has 0 atom stereocenters. The summed E-state index contributed by atoms with van der Waals surface area (Å²) in [7, 11) is 1.52. The van der Waals surface area contributed by atoms with E-state index in [1.165, 1.54) is 7.11 Å². The second kappa shape index (κ2) is 9.08. The lowest BCUT2D eigenvalue weighted by atomic mass is 10.2. The number of rotatable bonds is 7. The van der Waals surface area contributed by atoms with Crippen molar-refractivity contribution in [3.8, 4) is 5.75 Å². The molecule has 0 aliphatic carbocycles. The molecule has 6 heteroatoms. The number of benzene rings is 2. The number of halogens is 1. The summed E-state index contributed by atoms with van der Waals surface area (Å²) in [4.78, 5) is 24.1. The third kappa shape index (κ3) is 5.50. The number of hydrogen-bond acceptors (Lipinski definition) is 3. The predicted molar refractivity (Wildman–Crippen MR) is 101 cm³/mol. The maximum Gasteiger partial charge on any atom is 0.255 e. The number of methoxy groups -OCH3 is 1. The van der Waals surface area contributed by atoms with E-state index >= 15 is 0 Å². The summed E-state index contributed by atoms with van der Waals surface area (Å²) in [5, 5.41) is 6.19. The van der Waals surface area contributed by atoms with Gasteiger partial charge in [-0.2, -0.15) is 0 Å². The third-order valence-electron chi connectivity index (χ3n) is 3.60. The van der Waals surface area contributed by atoms with Crippen LogP contribution in [0.25, 0.3) is 0 Å². The molecule has 0 aromatic heterocycles. The van der Waals surface area contributed by atoms with Crippen molar-refractivity contribution < 1.29 is 14.3 Å². The van der Waals surface area contributed by atoms with Crippen LogP contribution in [0.2, 0.25) is 5.02 Å². The molecule has 0 saturated heterocycles. The normalized spacial score (nSPS) is 10.2. The van der Waals surface area contributed by atoms with E-state index in [4.69, 9.17) is 16.3 Å². The van der Waals surface area contributed by atoms with Crippen molar-refractivity contribution in [3.05, 3.63) is 53.1 Å². The standard InChI is InChI=1S/C19H21ClN2O3/c1-3-4-5-18(23)22-16-11-10-15(12-17(16)25-2)21-19(24)13-6-8-14(20)9-7-13/h6-12H,3-5H2,1-2H3,(H,21,24)(H,22,23). The lowest BCUT2D eigenvalue weighted by molar-refractivity contribution is -0.116. The van der Waals surface area contributed by atoms with Gasteiger partial charge >= 0.3 is 0 Å². The summed E-state index contributed by atoms with van der Waals surface area (Å²) in [6.07, 6.45) is 2.26. The summed E-state index contributed by atoms with van der Waals surface area (Å²) in [6, 6.07) is 11.7. The van der Waals surface area contributed by atoms with E-state index < -0.39 is 0 Å². The number of carbonyl (C=O) groups is 2. The van der Waals surface area contributed by atoms with Crippen molar-refractivity contribution in [1.29, 1.82) is 0 Å². The first-order valence-electron chi connectivity index (χ1n) is 8.08. The van der Waals surface area contributed by atoms with Crippen LogP contribution in [-0.4, -0.2) is 18.9 Å². The smallest absolute Gasteiger partial charge is 0.255 e. The van der Waals surface area contributed by atoms with Crippen LogP contribution in [0.15, 0.2) is 42.5 Å². The monoisotopic (exact) mass is 360 g/mol. The second-order valence-corrected chi connectivity index (χ2v) is 5.96. The fourth-order valence-corrected chi connectivity index (χ4v) is 2.35. The molecular weight excluding hydrogens is 340 g/mol. The molecule has 0 radical (unpaired) electrons. The maximum absolute atomic E-state index is 12.2. The summed E-state index contributed by atoms with van der Waals surface area (Å²) in [6.45, 7) is 2.03. The molecule has 25 heavy (non-hydrogen) atoms. The van der Waals surface area contributed by atoms with Crippen LogP contribution in [0.3, 0.4) is 0 Å². The molecule has 0 spiro atoms. The average Bonchev–Trinajstić information content (AvgIpc) is 2.61. The Hall–Kier alpha value is -2.53. The van der Waals surface area contributed by atoms with Crippen molar-refractivity contribution in [2.24, 2.45) is 0 Å². The van der Waals surface area contributed by atoms with E-state index in [2.05, 4.69) is 10.6 Å². The first-order valence-corrected chi connectivity index (χ1v) is 8.46. The Balaban J connectivity index is 2.08. The van der Waals surface area contributed by atoms with Crippen LogP contribution >= 0.6 is 11.6 Å². The van der Waals surface area contributed by atoms with Gasteiger partial charge in [-0.1, -0.05) is 24.9 Å². The predicted octanol–water partition coefficient (Wildman–Crippen LogP) is 4.73. The highest BCUT2D eigenvalue weighted by Gasteiger charge is 2.11. The van der Waals surface area contributed by atoms with E-state index in [9.17, 15) is 9.59 Å². The lowest BCUT2D eigenvalue weighted by Gasteiger charge is -2.12. The minimum atomic E-state index is -0.251. The first kappa shape index (κ1) is 18.8. The zero-order valence-corrected chi connectivity index (χ0v) is 15.0. The summed E-state index contributed by atoms with van der Waals surface area (Å²) in [5.74, 6) is 0.176. The van der Waals surface area contributed by atoms with Gasteiger partial charge in [0.2, 0.25) is 5.91 Å². The highest BCUT2D eigenvalue weighted by Crippen LogP contribution is 2.28. The van der Waals surface area contributed by atoms with Gasteiger partial charge in [0.05, 0.1) is 12.8 Å². The van der Waals surface area contributed by atoms with Crippen molar-refractivity contribution in [2.45, 2.75) is 26.2 Å². The number of nitrogens with one attached hydrogen (secondary N) is 2. The van der Waals surface area contributed by atoms with Crippen molar-refractivity contribution in [1.82, 2.24) is 0 Å². The Morgan fingerprint density at radius 2 is 1.80 bits per heavy atom. The number of anilines is 2. The number of ether oxygens (including phenoxy) is 1.